The molecule has 3 rings (SSSR count). The van der Waals surface area contributed by atoms with Gasteiger partial charge in [0, 0.05) is 35.3 Å². The van der Waals surface area contributed by atoms with Crippen LogP contribution in [0.25, 0.3) is 17.0 Å². The van der Waals surface area contributed by atoms with E-state index in [9.17, 15) is 14.5 Å². The van der Waals surface area contributed by atoms with Gasteiger partial charge in [-0.1, -0.05) is 12.8 Å². The number of hydrogen-bond acceptors (Lipinski definition) is 2. The number of nitrogens with zero attached hydrogens (tertiary/aromatic N) is 2. The molecular formula is C16H16BrFN2O2. The zero-order valence-corrected chi connectivity index (χ0v) is 13.6. The van der Waals surface area contributed by atoms with Crippen LogP contribution in [0, 0.1) is 21.8 Å². The molecule has 22 heavy (non-hydrogen) atoms. The van der Waals surface area contributed by atoms with Crippen LogP contribution in [-0.4, -0.2) is 9.49 Å². The molecule has 1 aromatic heterocycles. The molecule has 6 heteroatoms. The van der Waals surface area contributed by atoms with Crippen LogP contribution in [0.5, 0.6) is 0 Å². The van der Waals surface area contributed by atoms with Crippen molar-refractivity contribution in [3.63, 3.8) is 0 Å². The van der Waals surface area contributed by atoms with Gasteiger partial charge in [-0.25, -0.2) is 4.39 Å². The Morgan fingerprint density at radius 3 is 2.82 bits per heavy atom. The van der Waals surface area contributed by atoms with Crippen LogP contribution < -0.4 is 0 Å². The lowest BCUT2D eigenvalue weighted by atomic mass is 10.1. The van der Waals surface area contributed by atoms with Crippen LogP contribution in [0.4, 0.5) is 4.39 Å². The Bertz CT molecular complexity index is 748. The summed E-state index contributed by atoms with van der Waals surface area (Å²) in [7, 11) is 0. The summed E-state index contributed by atoms with van der Waals surface area (Å²) in [6.07, 6.45) is 9.15. The van der Waals surface area contributed by atoms with E-state index < -0.39 is 4.92 Å². The summed E-state index contributed by atoms with van der Waals surface area (Å²) in [6.45, 7) is 0.876. The molecule has 2 aromatic rings. The summed E-state index contributed by atoms with van der Waals surface area (Å²) >= 11 is 3.22. The third-order valence-electron chi connectivity index (χ3n) is 4.26. The van der Waals surface area contributed by atoms with E-state index >= 15 is 0 Å². The molecule has 1 fully saturated rings. The van der Waals surface area contributed by atoms with E-state index in [2.05, 4.69) is 20.5 Å². The Hall–Kier alpha value is -1.69. The maximum Gasteiger partial charge on any atom is 0.235 e. The minimum Gasteiger partial charge on any atom is -0.347 e. The van der Waals surface area contributed by atoms with Crippen molar-refractivity contribution in [1.82, 2.24) is 4.57 Å². The zero-order chi connectivity index (χ0) is 15.7. The molecule has 1 saturated carbocycles. The van der Waals surface area contributed by atoms with Crippen molar-refractivity contribution >= 4 is 32.9 Å². The number of benzene rings is 1. The first-order chi connectivity index (χ1) is 10.5. The molecule has 0 aliphatic heterocycles. The number of rotatable bonds is 4. The van der Waals surface area contributed by atoms with E-state index in [1.807, 2.05) is 6.20 Å². The monoisotopic (exact) mass is 366 g/mol. The molecular weight excluding hydrogens is 351 g/mol. The van der Waals surface area contributed by atoms with Crippen molar-refractivity contribution in [1.29, 1.82) is 0 Å². The first kappa shape index (κ1) is 15.2. The topological polar surface area (TPSA) is 48.1 Å². The molecule has 0 amide bonds. The highest BCUT2D eigenvalue weighted by molar-refractivity contribution is 9.10. The molecule has 0 atom stereocenters. The largest absolute Gasteiger partial charge is 0.347 e. The van der Waals surface area contributed by atoms with Crippen LogP contribution in [-0.2, 0) is 6.54 Å². The van der Waals surface area contributed by atoms with Crippen molar-refractivity contribution in [3.05, 3.63) is 50.5 Å². The lowest BCUT2D eigenvalue weighted by Crippen LogP contribution is -2.06. The minimum atomic E-state index is -0.505. The smallest absolute Gasteiger partial charge is 0.235 e. The number of aromatic nitrogens is 1. The van der Waals surface area contributed by atoms with Crippen LogP contribution in [0.3, 0.4) is 0 Å². The zero-order valence-electron chi connectivity index (χ0n) is 12.0. The molecule has 0 N–H and O–H groups in total. The highest BCUT2D eigenvalue weighted by atomic mass is 79.9. The molecule has 0 saturated heterocycles. The SMILES string of the molecule is O=[N+]([O-])/C=C/c1cn(CC2CCCC2)c2cc(Br)c(F)cc12. The first-order valence-electron chi connectivity index (χ1n) is 7.34. The molecule has 116 valence electrons. The second-order valence-corrected chi connectivity index (χ2v) is 6.63. The maximum atomic E-state index is 13.8. The number of nitro groups is 1. The predicted octanol–water partition coefficient (Wildman–Crippen LogP) is 4.98. The van der Waals surface area contributed by atoms with Gasteiger partial charge in [0.1, 0.15) is 5.82 Å². The van der Waals surface area contributed by atoms with Crippen molar-refractivity contribution < 1.29 is 9.31 Å². The van der Waals surface area contributed by atoms with Gasteiger partial charge in [0.2, 0.25) is 6.20 Å². The van der Waals surface area contributed by atoms with Gasteiger partial charge >= 0.3 is 0 Å². The van der Waals surface area contributed by atoms with Gasteiger partial charge in [0.05, 0.1) is 9.40 Å². The van der Waals surface area contributed by atoms with E-state index in [1.165, 1.54) is 37.8 Å². The summed E-state index contributed by atoms with van der Waals surface area (Å²) in [4.78, 5) is 10.0. The van der Waals surface area contributed by atoms with Crippen LogP contribution in [0.15, 0.2) is 29.0 Å². The van der Waals surface area contributed by atoms with Gasteiger partial charge in [-0.05, 0) is 46.8 Å². The summed E-state index contributed by atoms with van der Waals surface area (Å²) in [5.41, 5.74) is 1.58. The van der Waals surface area contributed by atoms with Crippen LogP contribution in [0.2, 0.25) is 0 Å². The Balaban J connectivity index is 2.06. The maximum absolute atomic E-state index is 13.8. The van der Waals surface area contributed by atoms with Gasteiger partial charge in [0.25, 0.3) is 0 Å². The molecule has 1 aromatic carbocycles. The fraction of sp³-hybridized carbons (Fsp3) is 0.375. The molecule has 0 spiro atoms. The van der Waals surface area contributed by atoms with Crippen LogP contribution in [0.1, 0.15) is 31.2 Å². The third-order valence-corrected chi connectivity index (χ3v) is 4.87. The highest BCUT2D eigenvalue weighted by Gasteiger charge is 2.18. The highest BCUT2D eigenvalue weighted by Crippen LogP contribution is 2.32. The molecule has 1 heterocycles. The van der Waals surface area contributed by atoms with E-state index in [1.54, 1.807) is 6.07 Å². The second kappa shape index (κ2) is 6.20. The molecule has 0 radical (unpaired) electrons. The van der Waals surface area contributed by atoms with E-state index in [4.69, 9.17) is 0 Å². The molecule has 0 unspecified atom stereocenters. The Morgan fingerprint density at radius 1 is 1.41 bits per heavy atom. The fourth-order valence-electron chi connectivity index (χ4n) is 3.21. The average Bonchev–Trinajstić information content (AvgIpc) is 3.07. The van der Waals surface area contributed by atoms with E-state index in [-0.39, 0.29) is 5.82 Å². The first-order valence-corrected chi connectivity index (χ1v) is 8.13. The lowest BCUT2D eigenvalue weighted by molar-refractivity contribution is -0.400. The van der Waals surface area contributed by atoms with Crippen molar-refractivity contribution in [2.24, 2.45) is 5.92 Å². The number of halogens is 2. The molecule has 0 bridgehead atoms. The summed E-state index contributed by atoms with van der Waals surface area (Å²) < 4.78 is 16.3. The normalized spacial score (nSPS) is 16.1. The van der Waals surface area contributed by atoms with Gasteiger partial charge in [-0.3, -0.25) is 10.1 Å². The standard InChI is InChI=1S/C16H16BrFN2O2/c17-14-8-16-13(7-15(14)18)12(5-6-20(21)22)10-19(16)9-11-3-1-2-4-11/h5-8,10-11H,1-4,9H2/b6-5+. The van der Waals surface area contributed by atoms with E-state index in [0.29, 0.717) is 21.3 Å². The molecule has 1 aliphatic carbocycles. The number of hydrogen-bond donors (Lipinski definition) is 0. The molecule has 4 nitrogen and oxygen atoms in total. The van der Waals surface area contributed by atoms with Crippen molar-refractivity contribution in [2.75, 3.05) is 0 Å². The summed E-state index contributed by atoms with van der Waals surface area (Å²) in [6, 6.07) is 3.19. The van der Waals surface area contributed by atoms with Crippen molar-refractivity contribution in [2.45, 2.75) is 32.2 Å². The van der Waals surface area contributed by atoms with E-state index in [0.717, 1.165) is 18.3 Å². The Morgan fingerprint density at radius 2 is 2.14 bits per heavy atom. The minimum absolute atomic E-state index is 0.359. The van der Waals surface area contributed by atoms with Crippen LogP contribution >= 0.6 is 15.9 Å². The second-order valence-electron chi connectivity index (χ2n) is 5.77. The average molecular weight is 367 g/mol. The quantitative estimate of drug-likeness (QED) is 0.565. The van der Waals surface area contributed by atoms with Gasteiger partial charge in [-0.15, -0.1) is 0 Å². The lowest BCUT2D eigenvalue weighted by Gasteiger charge is -2.11. The van der Waals surface area contributed by atoms with Gasteiger partial charge in [0.15, 0.2) is 0 Å². The van der Waals surface area contributed by atoms with Gasteiger partial charge < -0.3 is 4.57 Å². The Labute approximate surface area is 135 Å². The Kier molecular flexibility index (Phi) is 4.29. The summed E-state index contributed by atoms with van der Waals surface area (Å²) in [5.74, 6) is 0.272. The molecule has 1 aliphatic rings. The fourth-order valence-corrected chi connectivity index (χ4v) is 3.54. The third kappa shape index (κ3) is 3.06. The van der Waals surface area contributed by atoms with Crippen molar-refractivity contribution in [3.8, 4) is 0 Å². The predicted molar refractivity (Wildman–Crippen MR) is 87.6 cm³/mol. The van der Waals surface area contributed by atoms with Gasteiger partial charge in [-0.2, -0.15) is 0 Å². The summed E-state index contributed by atoms with van der Waals surface area (Å²) in [5, 5.41) is 11.3. The number of fused-ring (bicyclic) bond motifs is 1.